The van der Waals surface area contributed by atoms with E-state index in [9.17, 15) is 14.4 Å². The lowest BCUT2D eigenvalue weighted by molar-refractivity contribution is 0.00493. The Bertz CT molecular complexity index is 1390. The zero-order valence-corrected chi connectivity index (χ0v) is 22.3. The quantitative estimate of drug-likeness (QED) is 0.418. The van der Waals surface area contributed by atoms with Crippen molar-refractivity contribution in [1.29, 1.82) is 5.26 Å². The van der Waals surface area contributed by atoms with Crippen molar-refractivity contribution in [2.45, 2.75) is 69.2 Å². The fourth-order valence-electron chi connectivity index (χ4n) is 6.06. The Kier molecular flexibility index (Phi) is 7.00. The summed E-state index contributed by atoms with van der Waals surface area (Å²) in [5, 5.41) is 14.4. The van der Waals surface area contributed by atoms with Gasteiger partial charge in [0.1, 0.15) is 0 Å². The van der Waals surface area contributed by atoms with Crippen molar-refractivity contribution < 1.29 is 13.9 Å². The summed E-state index contributed by atoms with van der Waals surface area (Å²) in [4.78, 5) is 24.6. The smallest absolute Gasteiger partial charge is 0.189 e. The van der Waals surface area contributed by atoms with Gasteiger partial charge in [-0.05, 0) is 74.6 Å². The third-order valence-corrected chi connectivity index (χ3v) is 8.67. The second-order valence-corrected chi connectivity index (χ2v) is 11.1. The van der Waals surface area contributed by atoms with Gasteiger partial charge in [-0.15, -0.1) is 0 Å². The standard InChI is InChI=1S/C30H33FN6O2/c1-20-25(18-35-37(20)29-26(31)15-23(17-34-29)22-3-4-22)27(38)14-21-2-5-28(33-16-21)30(19-32)8-6-24(7-9-30)36-10-12-39-13-11-36/h2,5,15-18,22,24H,3-4,6-14H2,1H3. The number of nitriles is 1. The summed E-state index contributed by atoms with van der Waals surface area (Å²) >= 11 is 0. The first kappa shape index (κ1) is 25.8. The van der Waals surface area contributed by atoms with E-state index in [1.807, 2.05) is 12.1 Å². The second-order valence-electron chi connectivity index (χ2n) is 11.1. The number of carbonyl (C=O) groups is 1. The van der Waals surface area contributed by atoms with Crippen LogP contribution < -0.4 is 0 Å². The number of nitrogens with zero attached hydrogens (tertiary/aromatic N) is 6. The van der Waals surface area contributed by atoms with Crippen LogP contribution in [0.25, 0.3) is 5.82 Å². The molecule has 0 amide bonds. The van der Waals surface area contributed by atoms with Crippen molar-refractivity contribution in [2.75, 3.05) is 26.3 Å². The van der Waals surface area contributed by atoms with Gasteiger partial charge in [0.2, 0.25) is 0 Å². The number of rotatable bonds is 7. The average Bonchev–Trinajstić information content (AvgIpc) is 3.76. The number of morpholine rings is 1. The molecule has 3 aliphatic rings. The molecule has 1 saturated heterocycles. The van der Waals surface area contributed by atoms with E-state index in [4.69, 9.17) is 4.74 Å². The Morgan fingerprint density at radius 3 is 2.54 bits per heavy atom. The number of hydrogen-bond donors (Lipinski definition) is 0. The van der Waals surface area contributed by atoms with Crippen LogP contribution in [0.1, 0.15) is 77.3 Å². The van der Waals surface area contributed by atoms with Crippen LogP contribution >= 0.6 is 0 Å². The van der Waals surface area contributed by atoms with Gasteiger partial charge in [0.25, 0.3) is 0 Å². The van der Waals surface area contributed by atoms with E-state index in [-0.39, 0.29) is 18.0 Å². The Morgan fingerprint density at radius 1 is 1.13 bits per heavy atom. The molecule has 9 heteroatoms. The highest BCUT2D eigenvalue weighted by atomic mass is 19.1. The van der Waals surface area contributed by atoms with Crippen molar-refractivity contribution in [2.24, 2.45) is 0 Å². The van der Waals surface area contributed by atoms with E-state index in [1.54, 1.807) is 19.3 Å². The van der Waals surface area contributed by atoms with Crippen molar-refractivity contribution in [3.05, 3.63) is 70.7 Å². The zero-order chi connectivity index (χ0) is 27.0. The molecule has 0 radical (unpaired) electrons. The molecule has 0 N–H and O–H groups in total. The highest BCUT2D eigenvalue weighted by Gasteiger charge is 2.40. The Balaban J connectivity index is 1.12. The summed E-state index contributed by atoms with van der Waals surface area (Å²) in [5.41, 5.74) is 2.86. The van der Waals surface area contributed by atoms with Crippen LogP contribution in [0.3, 0.4) is 0 Å². The van der Waals surface area contributed by atoms with Crippen LogP contribution in [0.15, 0.2) is 36.8 Å². The maximum absolute atomic E-state index is 14.8. The minimum atomic E-state index is -0.588. The fourth-order valence-corrected chi connectivity index (χ4v) is 6.06. The predicted molar refractivity (Wildman–Crippen MR) is 142 cm³/mol. The molecule has 1 aliphatic heterocycles. The van der Waals surface area contributed by atoms with Gasteiger partial charge in [0, 0.05) is 37.9 Å². The third kappa shape index (κ3) is 5.11. The van der Waals surface area contributed by atoms with Gasteiger partial charge < -0.3 is 4.74 Å². The van der Waals surface area contributed by atoms with Crippen LogP contribution in [0, 0.1) is 24.1 Å². The highest BCUT2D eigenvalue weighted by molar-refractivity contribution is 5.98. The summed E-state index contributed by atoms with van der Waals surface area (Å²) in [7, 11) is 0. The largest absolute Gasteiger partial charge is 0.379 e. The molecule has 39 heavy (non-hydrogen) atoms. The van der Waals surface area contributed by atoms with Gasteiger partial charge in [0.15, 0.2) is 17.4 Å². The van der Waals surface area contributed by atoms with Gasteiger partial charge in [0.05, 0.1) is 47.8 Å². The monoisotopic (exact) mass is 528 g/mol. The SMILES string of the molecule is Cc1c(C(=O)Cc2ccc(C3(C#N)CCC(N4CCOCC4)CC3)nc2)cnn1-c1ncc(C2CC2)cc1F. The first-order valence-electron chi connectivity index (χ1n) is 13.9. The van der Waals surface area contributed by atoms with E-state index in [0.717, 1.165) is 81.6 Å². The van der Waals surface area contributed by atoms with Crippen molar-refractivity contribution in [3.63, 3.8) is 0 Å². The van der Waals surface area contributed by atoms with Crippen LogP contribution in [0.2, 0.25) is 0 Å². The topological polar surface area (TPSA) is 96.9 Å². The normalized spacial score (nSPS) is 23.9. The number of hydrogen-bond acceptors (Lipinski definition) is 7. The van der Waals surface area contributed by atoms with Gasteiger partial charge in [-0.2, -0.15) is 10.4 Å². The predicted octanol–water partition coefficient (Wildman–Crippen LogP) is 4.45. The molecule has 202 valence electrons. The Morgan fingerprint density at radius 2 is 1.90 bits per heavy atom. The van der Waals surface area contributed by atoms with Crippen LogP contribution in [-0.2, 0) is 16.6 Å². The fraction of sp³-hybridized carbons (Fsp3) is 0.500. The zero-order valence-electron chi connectivity index (χ0n) is 22.3. The summed E-state index contributed by atoms with van der Waals surface area (Å²) in [5.74, 6) is -0.0451. The minimum absolute atomic E-state index is 0.104. The molecular formula is C30H33FN6O2. The van der Waals surface area contributed by atoms with E-state index in [0.29, 0.717) is 23.2 Å². The number of aromatic nitrogens is 4. The Hall–Kier alpha value is -3.48. The van der Waals surface area contributed by atoms with Crippen molar-refractivity contribution >= 4 is 5.78 Å². The lowest BCUT2D eigenvalue weighted by Crippen LogP contribution is -2.47. The summed E-state index contributed by atoms with van der Waals surface area (Å²) in [6, 6.07) is 8.38. The molecule has 0 aromatic carbocycles. The van der Waals surface area contributed by atoms with E-state index >= 15 is 0 Å². The maximum Gasteiger partial charge on any atom is 0.189 e. The molecular weight excluding hydrogens is 495 g/mol. The molecule has 0 atom stereocenters. The molecule has 2 aliphatic carbocycles. The lowest BCUT2D eigenvalue weighted by Gasteiger charge is -2.41. The molecule has 3 aromatic rings. The number of ether oxygens (including phenoxy) is 1. The van der Waals surface area contributed by atoms with Gasteiger partial charge >= 0.3 is 0 Å². The van der Waals surface area contributed by atoms with Crippen LogP contribution in [-0.4, -0.2) is 62.8 Å². The minimum Gasteiger partial charge on any atom is -0.379 e. The molecule has 2 saturated carbocycles. The number of carbonyl (C=O) groups excluding carboxylic acids is 1. The molecule has 6 rings (SSSR count). The van der Waals surface area contributed by atoms with Gasteiger partial charge in [-0.3, -0.25) is 14.7 Å². The van der Waals surface area contributed by atoms with Crippen LogP contribution in [0.5, 0.6) is 0 Å². The highest BCUT2D eigenvalue weighted by Crippen LogP contribution is 2.41. The van der Waals surface area contributed by atoms with Gasteiger partial charge in [-0.25, -0.2) is 14.1 Å². The van der Waals surface area contributed by atoms with Gasteiger partial charge in [-0.1, -0.05) is 6.07 Å². The second kappa shape index (κ2) is 10.6. The number of Topliss-reactive ketones (excluding diaryl/α,β-unsaturated/α-hetero) is 1. The molecule has 8 nitrogen and oxygen atoms in total. The summed E-state index contributed by atoms with van der Waals surface area (Å²) in [6.07, 6.45) is 10.7. The average molecular weight is 529 g/mol. The molecule has 4 heterocycles. The van der Waals surface area contributed by atoms with E-state index in [2.05, 4.69) is 26.0 Å². The molecule has 0 unspecified atom stereocenters. The number of ketones is 1. The van der Waals surface area contributed by atoms with E-state index in [1.165, 1.54) is 16.9 Å². The van der Waals surface area contributed by atoms with E-state index < -0.39 is 11.2 Å². The van der Waals surface area contributed by atoms with Crippen molar-refractivity contribution in [3.8, 4) is 11.9 Å². The number of pyridine rings is 2. The Labute approximate surface area is 227 Å². The first-order valence-corrected chi connectivity index (χ1v) is 13.9. The summed E-state index contributed by atoms with van der Waals surface area (Å²) < 4.78 is 21.7. The van der Waals surface area contributed by atoms with Crippen molar-refractivity contribution in [1.82, 2.24) is 24.6 Å². The molecule has 0 spiro atoms. The van der Waals surface area contributed by atoms with Crippen LogP contribution in [0.4, 0.5) is 4.39 Å². The number of halogens is 1. The third-order valence-electron chi connectivity index (χ3n) is 8.67. The molecule has 0 bridgehead atoms. The molecule has 3 fully saturated rings. The first-order chi connectivity index (χ1) is 19.0. The maximum atomic E-state index is 14.8. The summed E-state index contributed by atoms with van der Waals surface area (Å²) in [6.45, 7) is 5.23. The lowest BCUT2D eigenvalue weighted by atomic mass is 9.71. The molecule has 3 aromatic heterocycles.